The summed E-state index contributed by atoms with van der Waals surface area (Å²) in [6.45, 7) is 0.915. The van der Waals surface area contributed by atoms with E-state index in [0.717, 1.165) is 38.7 Å². The Kier molecular flexibility index (Phi) is 5.99. The van der Waals surface area contributed by atoms with Crippen LogP contribution in [0.25, 0.3) is 21.8 Å². The number of aromatic amines is 1. The van der Waals surface area contributed by atoms with Gasteiger partial charge in [0.05, 0.1) is 7.11 Å². The minimum absolute atomic E-state index is 0.174. The summed E-state index contributed by atoms with van der Waals surface area (Å²) in [5.74, 6) is 0.328. The lowest BCUT2D eigenvalue weighted by Crippen LogP contribution is -2.28. The van der Waals surface area contributed by atoms with Crippen LogP contribution in [0.5, 0.6) is 5.75 Å². The van der Waals surface area contributed by atoms with Crippen molar-refractivity contribution in [3.05, 3.63) is 101 Å². The fourth-order valence-corrected chi connectivity index (χ4v) is 4.45. The Morgan fingerprint density at radius 2 is 1.91 bits per heavy atom. The zero-order valence-electron chi connectivity index (χ0n) is 18.6. The average molecular weight is 476 g/mol. The predicted octanol–water partition coefficient (Wildman–Crippen LogP) is 5.94. The highest BCUT2D eigenvalue weighted by molar-refractivity contribution is 6.31. The molecule has 0 bridgehead atoms. The van der Waals surface area contributed by atoms with E-state index in [2.05, 4.69) is 10.3 Å². The van der Waals surface area contributed by atoms with E-state index in [1.807, 2.05) is 47.2 Å². The molecule has 5 rings (SSSR count). The van der Waals surface area contributed by atoms with Gasteiger partial charge in [0.25, 0.3) is 5.91 Å². The summed E-state index contributed by atoms with van der Waals surface area (Å²) >= 11 is 6.18. The molecule has 3 aromatic carbocycles. The Morgan fingerprint density at radius 3 is 2.71 bits per heavy atom. The van der Waals surface area contributed by atoms with Crippen molar-refractivity contribution >= 4 is 39.3 Å². The molecule has 5 aromatic rings. The van der Waals surface area contributed by atoms with E-state index in [1.54, 1.807) is 25.3 Å². The molecule has 1 amide bonds. The molecular weight excluding hydrogens is 453 g/mol. The maximum atomic E-state index is 13.4. The van der Waals surface area contributed by atoms with Crippen LogP contribution in [0.4, 0.5) is 4.39 Å². The lowest BCUT2D eigenvalue weighted by Gasteiger charge is -2.12. The summed E-state index contributed by atoms with van der Waals surface area (Å²) in [6, 6.07) is 19.6. The zero-order valence-corrected chi connectivity index (χ0v) is 19.3. The number of rotatable bonds is 7. The first-order valence-electron chi connectivity index (χ1n) is 11.0. The number of carbonyl (C=O) groups excluding carboxylic acids is 1. The van der Waals surface area contributed by atoms with Gasteiger partial charge in [-0.15, -0.1) is 0 Å². The molecule has 2 N–H and O–H groups in total. The first-order chi connectivity index (χ1) is 16.5. The van der Waals surface area contributed by atoms with Crippen molar-refractivity contribution in [2.45, 2.75) is 13.0 Å². The monoisotopic (exact) mass is 475 g/mol. The van der Waals surface area contributed by atoms with Gasteiger partial charge in [0.15, 0.2) is 0 Å². The van der Waals surface area contributed by atoms with Crippen LogP contribution < -0.4 is 10.1 Å². The summed E-state index contributed by atoms with van der Waals surface area (Å²) in [6.07, 6.45) is 2.63. The lowest BCUT2D eigenvalue weighted by molar-refractivity contribution is 0.0946. The Bertz CT molecular complexity index is 1490. The number of hydrogen-bond acceptors (Lipinski definition) is 2. The fraction of sp³-hybridized carbons (Fsp3) is 0.148. The van der Waals surface area contributed by atoms with Crippen LogP contribution in [-0.4, -0.2) is 29.1 Å². The van der Waals surface area contributed by atoms with Crippen molar-refractivity contribution < 1.29 is 13.9 Å². The molecule has 0 spiro atoms. The van der Waals surface area contributed by atoms with Gasteiger partial charge in [-0.2, -0.15) is 0 Å². The molecule has 0 aliphatic rings. The van der Waals surface area contributed by atoms with Gasteiger partial charge in [0.1, 0.15) is 17.3 Å². The van der Waals surface area contributed by atoms with Crippen LogP contribution in [0.3, 0.4) is 0 Å². The Morgan fingerprint density at radius 1 is 1.09 bits per heavy atom. The molecule has 0 radical (unpaired) electrons. The number of halogens is 2. The van der Waals surface area contributed by atoms with E-state index in [9.17, 15) is 9.18 Å². The summed E-state index contributed by atoms with van der Waals surface area (Å²) in [4.78, 5) is 16.5. The first kappa shape index (κ1) is 22.0. The maximum Gasteiger partial charge on any atom is 0.267 e. The topological polar surface area (TPSA) is 59.0 Å². The molecule has 2 heterocycles. The number of amides is 1. The molecule has 5 nitrogen and oxygen atoms in total. The summed E-state index contributed by atoms with van der Waals surface area (Å²) in [7, 11) is 1.64. The number of fused-ring (bicyclic) bond motifs is 2. The number of methoxy groups -OCH3 is 1. The van der Waals surface area contributed by atoms with Crippen molar-refractivity contribution in [1.29, 1.82) is 0 Å². The van der Waals surface area contributed by atoms with E-state index in [4.69, 9.17) is 16.3 Å². The molecule has 0 atom stereocenters. The van der Waals surface area contributed by atoms with Gasteiger partial charge in [0.2, 0.25) is 0 Å². The van der Waals surface area contributed by atoms with E-state index in [-0.39, 0.29) is 11.7 Å². The normalized spacial score (nSPS) is 11.3. The summed E-state index contributed by atoms with van der Waals surface area (Å²) in [5.41, 5.74) is 4.45. The predicted molar refractivity (Wildman–Crippen MR) is 133 cm³/mol. The van der Waals surface area contributed by atoms with Gasteiger partial charge < -0.3 is 19.6 Å². The van der Waals surface area contributed by atoms with E-state index < -0.39 is 0 Å². The van der Waals surface area contributed by atoms with Crippen LogP contribution in [0, 0.1) is 5.82 Å². The second-order valence-corrected chi connectivity index (χ2v) is 8.61. The Labute approximate surface area is 201 Å². The molecule has 2 aromatic heterocycles. The lowest BCUT2D eigenvalue weighted by atomic mass is 10.1. The quantitative estimate of drug-likeness (QED) is 0.306. The van der Waals surface area contributed by atoms with Gasteiger partial charge >= 0.3 is 0 Å². The van der Waals surface area contributed by atoms with Gasteiger partial charge in [-0.1, -0.05) is 23.7 Å². The first-order valence-corrected chi connectivity index (χ1v) is 11.3. The molecule has 0 aliphatic heterocycles. The fourth-order valence-electron chi connectivity index (χ4n) is 4.27. The molecule has 0 saturated heterocycles. The minimum atomic E-state index is -0.291. The third-order valence-corrected chi connectivity index (χ3v) is 6.24. The van der Waals surface area contributed by atoms with Crippen molar-refractivity contribution in [2.24, 2.45) is 0 Å². The molecule has 0 aliphatic carbocycles. The maximum absolute atomic E-state index is 13.4. The highest BCUT2D eigenvalue weighted by Crippen LogP contribution is 2.26. The van der Waals surface area contributed by atoms with Gasteiger partial charge in [-0.3, -0.25) is 4.79 Å². The third-order valence-electron chi connectivity index (χ3n) is 6.00. The Hall–Kier alpha value is -3.77. The van der Waals surface area contributed by atoms with Crippen molar-refractivity contribution in [3.8, 4) is 5.75 Å². The number of ether oxygens (including phenoxy) is 1. The highest BCUT2D eigenvalue weighted by atomic mass is 35.5. The third kappa shape index (κ3) is 4.37. The van der Waals surface area contributed by atoms with Crippen LogP contribution >= 0.6 is 11.6 Å². The van der Waals surface area contributed by atoms with Gasteiger partial charge in [-0.05, 0) is 72.1 Å². The number of benzene rings is 3. The van der Waals surface area contributed by atoms with Crippen LogP contribution in [0.15, 0.2) is 72.9 Å². The number of nitrogens with zero attached hydrogens (tertiary/aromatic N) is 1. The van der Waals surface area contributed by atoms with Gasteiger partial charge in [-0.25, -0.2) is 4.39 Å². The molecule has 172 valence electrons. The standard InChI is InChI=1S/C27H23ClFN3O2/c1-34-22-7-8-24-23(14-22)18(15-31-24)10-11-30-27(33)26-13-19-12-20(28)4-9-25(19)32(26)16-17-2-5-21(29)6-3-17/h2-9,12-15,31H,10-11,16H2,1H3,(H,30,33). The van der Waals surface area contributed by atoms with Gasteiger partial charge in [0, 0.05) is 46.1 Å². The van der Waals surface area contributed by atoms with E-state index >= 15 is 0 Å². The molecule has 7 heteroatoms. The highest BCUT2D eigenvalue weighted by Gasteiger charge is 2.16. The number of nitrogens with one attached hydrogen (secondary N) is 2. The molecule has 0 unspecified atom stereocenters. The Balaban J connectivity index is 1.38. The molecule has 34 heavy (non-hydrogen) atoms. The van der Waals surface area contributed by atoms with Crippen LogP contribution in [0.1, 0.15) is 21.6 Å². The second-order valence-electron chi connectivity index (χ2n) is 8.18. The average Bonchev–Trinajstić information content (AvgIpc) is 3.41. The molecule has 0 fully saturated rings. The van der Waals surface area contributed by atoms with Crippen molar-refractivity contribution in [2.75, 3.05) is 13.7 Å². The van der Waals surface area contributed by atoms with Crippen molar-refractivity contribution in [1.82, 2.24) is 14.9 Å². The number of carbonyl (C=O) groups is 1. The van der Waals surface area contributed by atoms with Crippen molar-refractivity contribution in [3.63, 3.8) is 0 Å². The largest absolute Gasteiger partial charge is 0.497 e. The van der Waals surface area contributed by atoms with E-state index in [0.29, 0.717) is 30.2 Å². The number of aromatic nitrogens is 2. The number of H-pyrrole nitrogens is 1. The molecular formula is C27H23ClFN3O2. The summed E-state index contributed by atoms with van der Waals surface area (Å²) < 4.78 is 20.6. The molecule has 0 saturated carbocycles. The smallest absolute Gasteiger partial charge is 0.267 e. The second kappa shape index (κ2) is 9.23. The van der Waals surface area contributed by atoms with E-state index in [1.165, 1.54) is 12.1 Å². The number of hydrogen-bond donors (Lipinski definition) is 2. The zero-order chi connectivity index (χ0) is 23.7. The van der Waals surface area contributed by atoms with Crippen LogP contribution in [0.2, 0.25) is 5.02 Å². The summed E-state index contributed by atoms with van der Waals surface area (Å²) in [5, 5.41) is 5.60. The SMILES string of the molecule is COc1ccc2[nH]cc(CCNC(=O)c3cc4cc(Cl)ccc4n3Cc3ccc(F)cc3)c2c1. The minimum Gasteiger partial charge on any atom is -0.497 e. The van der Waals surface area contributed by atoms with Crippen LogP contribution in [-0.2, 0) is 13.0 Å².